The Balaban J connectivity index is 2.44. The molecule has 0 amide bonds. The molecule has 1 aromatic rings. The van der Waals surface area contributed by atoms with Crippen molar-refractivity contribution in [3.63, 3.8) is 0 Å². The molecule has 5 heteroatoms. The van der Waals surface area contributed by atoms with Gasteiger partial charge in [-0.15, -0.1) is 0 Å². The average molecular weight is 269 g/mol. The fourth-order valence-corrected chi connectivity index (χ4v) is 2.50. The van der Waals surface area contributed by atoms with E-state index in [0.717, 1.165) is 42.3 Å². The second kappa shape index (κ2) is 8.32. The van der Waals surface area contributed by atoms with Gasteiger partial charge >= 0.3 is 0 Å². The Bertz CT molecular complexity index is 405. The molecule has 0 fully saturated rings. The highest BCUT2D eigenvalue weighted by Crippen LogP contribution is 2.14. The molecule has 2 N–H and O–H groups in total. The third-order valence-electron chi connectivity index (χ3n) is 2.79. The summed E-state index contributed by atoms with van der Waals surface area (Å²) >= 11 is 1.63. The Morgan fingerprint density at radius 2 is 2.33 bits per heavy atom. The quantitative estimate of drug-likeness (QED) is 0.431. The van der Waals surface area contributed by atoms with Crippen LogP contribution in [0, 0.1) is 0 Å². The highest BCUT2D eigenvalue weighted by atomic mass is 32.2. The van der Waals surface area contributed by atoms with E-state index in [2.05, 4.69) is 29.1 Å². The van der Waals surface area contributed by atoms with Gasteiger partial charge in [0, 0.05) is 23.6 Å². The van der Waals surface area contributed by atoms with Crippen LogP contribution in [0.1, 0.15) is 38.8 Å². The first-order chi connectivity index (χ1) is 8.65. The maximum Gasteiger partial charge on any atom is 0.251 e. The van der Waals surface area contributed by atoms with E-state index in [-0.39, 0.29) is 5.56 Å². The minimum absolute atomic E-state index is 0.0421. The molecule has 0 radical (unpaired) electrons. The molecule has 1 rings (SSSR count). The van der Waals surface area contributed by atoms with Gasteiger partial charge in [-0.3, -0.25) is 4.79 Å². The molecule has 0 saturated carbocycles. The van der Waals surface area contributed by atoms with E-state index in [1.54, 1.807) is 17.8 Å². The zero-order valence-electron chi connectivity index (χ0n) is 11.5. The monoisotopic (exact) mass is 269 g/mol. The van der Waals surface area contributed by atoms with Crippen molar-refractivity contribution in [3.8, 4) is 0 Å². The number of nitrogens with one attached hydrogen (secondary N) is 2. The molecule has 102 valence electrons. The molecule has 0 aliphatic rings. The number of nitrogens with zero attached hydrogens (tertiary/aromatic N) is 1. The highest BCUT2D eigenvalue weighted by Gasteiger charge is 2.03. The van der Waals surface area contributed by atoms with E-state index in [0.29, 0.717) is 6.04 Å². The van der Waals surface area contributed by atoms with Gasteiger partial charge < -0.3 is 10.3 Å². The van der Waals surface area contributed by atoms with Gasteiger partial charge in [0.25, 0.3) is 5.56 Å². The van der Waals surface area contributed by atoms with Gasteiger partial charge in [-0.2, -0.15) is 0 Å². The third kappa shape index (κ3) is 5.69. The standard InChI is InChI=1S/C13H23N3OS/c1-4-6-11-9-12(17)16-13(15-11)18-8-5-7-10(2)14-3/h9-10,14H,4-8H2,1-3H3,(H,15,16,17). The van der Waals surface area contributed by atoms with Gasteiger partial charge in [0.15, 0.2) is 5.16 Å². The van der Waals surface area contributed by atoms with Crippen molar-refractivity contribution < 1.29 is 0 Å². The average Bonchev–Trinajstić information content (AvgIpc) is 2.34. The van der Waals surface area contributed by atoms with Crippen molar-refractivity contribution in [2.75, 3.05) is 12.8 Å². The van der Waals surface area contributed by atoms with Crippen LogP contribution in [0.15, 0.2) is 16.0 Å². The lowest BCUT2D eigenvalue weighted by Gasteiger charge is -2.09. The van der Waals surface area contributed by atoms with Gasteiger partial charge in [0.2, 0.25) is 0 Å². The Labute approximate surface area is 113 Å². The third-order valence-corrected chi connectivity index (χ3v) is 3.75. The van der Waals surface area contributed by atoms with Crippen LogP contribution in [-0.2, 0) is 6.42 Å². The van der Waals surface area contributed by atoms with Crippen LogP contribution in [0.2, 0.25) is 0 Å². The summed E-state index contributed by atoms with van der Waals surface area (Å²) in [7, 11) is 1.98. The molecule has 18 heavy (non-hydrogen) atoms. The Kier molecular flexibility index (Phi) is 7.05. The van der Waals surface area contributed by atoms with Gasteiger partial charge in [0.1, 0.15) is 0 Å². The normalized spacial score (nSPS) is 12.6. The number of H-pyrrole nitrogens is 1. The molecule has 0 aliphatic carbocycles. The van der Waals surface area contributed by atoms with Crippen molar-refractivity contribution >= 4 is 11.8 Å². The van der Waals surface area contributed by atoms with E-state index < -0.39 is 0 Å². The van der Waals surface area contributed by atoms with Crippen LogP contribution in [-0.4, -0.2) is 28.8 Å². The summed E-state index contributed by atoms with van der Waals surface area (Å²) in [5, 5.41) is 3.97. The largest absolute Gasteiger partial charge is 0.317 e. The number of aromatic amines is 1. The van der Waals surface area contributed by atoms with Crippen LogP contribution in [0.25, 0.3) is 0 Å². The molecule has 1 heterocycles. The van der Waals surface area contributed by atoms with Gasteiger partial charge in [-0.1, -0.05) is 25.1 Å². The lowest BCUT2D eigenvalue weighted by molar-refractivity contribution is 0.559. The minimum atomic E-state index is -0.0421. The Morgan fingerprint density at radius 3 is 3.00 bits per heavy atom. The fourth-order valence-electron chi connectivity index (χ4n) is 1.64. The van der Waals surface area contributed by atoms with Crippen LogP contribution >= 0.6 is 11.8 Å². The van der Waals surface area contributed by atoms with Crippen molar-refractivity contribution in [2.24, 2.45) is 0 Å². The van der Waals surface area contributed by atoms with Crippen LogP contribution in [0.5, 0.6) is 0 Å². The molecule has 1 aromatic heterocycles. The molecule has 0 bridgehead atoms. The van der Waals surface area contributed by atoms with Gasteiger partial charge in [0.05, 0.1) is 0 Å². The molecule has 0 spiro atoms. The van der Waals surface area contributed by atoms with Crippen molar-refractivity contribution in [1.82, 2.24) is 15.3 Å². The lowest BCUT2D eigenvalue weighted by Crippen LogP contribution is -2.20. The summed E-state index contributed by atoms with van der Waals surface area (Å²) in [5.41, 5.74) is 0.854. The number of rotatable bonds is 8. The van der Waals surface area contributed by atoms with Crippen molar-refractivity contribution in [3.05, 3.63) is 22.1 Å². The van der Waals surface area contributed by atoms with E-state index in [1.165, 1.54) is 0 Å². The molecular formula is C13H23N3OS. The van der Waals surface area contributed by atoms with Crippen molar-refractivity contribution in [1.29, 1.82) is 0 Å². The zero-order chi connectivity index (χ0) is 13.4. The smallest absolute Gasteiger partial charge is 0.251 e. The zero-order valence-corrected chi connectivity index (χ0v) is 12.3. The predicted molar refractivity (Wildman–Crippen MR) is 77.3 cm³/mol. The van der Waals surface area contributed by atoms with E-state index >= 15 is 0 Å². The van der Waals surface area contributed by atoms with E-state index in [1.807, 2.05) is 7.05 Å². The van der Waals surface area contributed by atoms with Gasteiger partial charge in [-0.05, 0) is 33.2 Å². The first kappa shape index (κ1) is 15.2. The fraction of sp³-hybridized carbons (Fsp3) is 0.692. The Morgan fingerprint density at radius 1 is 1.56 bits per heavy atom. The number of aryl methyl sites for hydroxylation is 1. The van der Waals surface area contributed by atoms with Crippen LogP contribution in [0.3, 0.4) is 0 Å². The van der Waals surface area contributed by atoms with E-state index in [9.17, 15) is 4.79 Å². The van der Waals surface area contributed by atoms with Crippen LogP contribution < -0.4 is 10.9 Å². The molecule has 4 nitrogen and oxygen atoms in total. The summed E-state index contributed by atoms with van der Waals surface area (Å²) in [5.74, 6) is 0.991. The molecule has 0 aromatic carbocycles. The Hall–Kier alpha value is -0.810. The molecule has 0 saturated heterocycles. The highest BCUT2D eigenvalue weighted by molar-refractivity contribution is 7.99. The van der Waals surface area contributed by atoms with Gasteiger partial charge in [-0.25, -0.2) is 4.98 Å². The summed E-state index contributed by atoms with van der Waals surface area (Å²) in [4.78, 5) is 18.7. The maximum atomic E-state index is 11.5. The minimum Gasteiger partial charge on any atom is -0.317 e. The summed E-state index contributed by atoms with van der Waals surface area (Å²) in [6.07, 6.45) is 4.14. The van der Waals surface area contributed by atoms with Crippen LogP contribution in [0.4, 0.5) is 0 Å². The topological polar surface area (TPSA) is 57.8 Å². The lowest BCUT2D eigenvalue weighted by atomic mass is 10.2. The maximum absolute atomic E-state index is 11.5. The summed E-state index contributed by atoms with van der Waals surface area (Å²) in [6, 6.07) is 2.14. The summed E-state index contributed by atoms with van der Waals surface area (Å²) < 4.78 is 0. The molecule has 1 unspecified atom stereocenters. The first-order valence-corrected chi connectivity index (χ1v) is 7.54. The predicted octanol–water partition coefficient (Wildman–Crippen LogP) is 2.20. The number of hydrogen-bond acceptors (Lipinski definition) is 4. The first-order valence-electron chi connectivity index (χ1n) is 6.56. The number of thioether (sulfide) groups is 1. The molecule has 0 aliphatic heterocycles. The second-order valence-corrected chi connectivity index (χ2v) is 5.56. The summed E-state index contributed by atoms with van der Waals surface area (Å²) in [6.45, 7) is 4.27. The number of hydrogen-bond donors (Lipinski definition) is 2. The molecular weight excluding hydrogens is 246 g/mol. The van der Waals surface area contributed by atoms with Crippen molar-refractivity contribution in [2.45, 2.75) is 50.7 Å². The second-order valence-electron chi connectivity index (χ2n) is 4.47. The SMILES string of the molecule is CCCc1cc(=O)[nH]c(SCCCC(C)NC)n1. The molecule has 1 atom stereocenters. The number of aromatic nitrogens is 2. The van der Waals surface area contributed by atoms with E-state index in [4.69, 9.17) is 0 Å².